The zero-order chi connectivity index (χ0) is 11.8. The third-order valence-electron chi connectivity index (χ3n) is 3.18. The van der Waals surface area contributed by atoms with Crippen molar-refractivity contribution in [2.45, 2.75) is 13.8 Å². The number of rotatable bonds is 1. The fraction of sp³-hybridized carbons (Fsp3) is 0.125. The Kier molecular flexibility index (Phi) is 2.25. The summed E-state index contributed by atoms with van der Waals surface area (Å²) in [4.78, 5) is 0. The molecule has 3 rings (SSSR count). The van der Waals surface area contributed by atoms with E-state index in [0.29, 0.717) is 0 Å². The number of hydrogen-bond acceptors (Lipinski definition) is 1. The summed E-state index contributed by atoms with van der Waals surface area (Å²) in [7, 11) is 0. The SMILES string of the molecule is CC=Cc1oc2c(ccc3ccccc32)c1C. The summed E-state index contributed by atoms with van der Waals surface area (Å²) in [5.41, 5.74) is 2.21. The molecule has 3 aromatic rings. The smallest absolute Gasteiger partial charge is 0.142 e. The second kappa shape index (κ2) is 3.77. The normalized spacial score (nSPS) is 11.9. The van der Waals surface area contributed by atoms with Gasteiger partial charge >= 0.3 is 0 Å². The molecule has 2 aromatic carbocycles. The first-order valence-electron chi connectivity index (χ1n) is 5.85. The molecule has 0 saturated heterocycles. The quantitative estimate of drug-likeness (QED) is 0.569. The van der Waals surface area contributed by atoms with Crippen molar-refractivity contribution < 1.29 is 4.42 Å². The Morgan fingerprint density at radius 1 is 1.00 bits per heavy atom. The molecule has 84 valence electrons. The molecule has 0 saturated carbocycles. The average Bonchev–Trinajstić information content (AvgIpc) is 2.68. The molecule has 1 nitrogen and oxygen atoms in total. The van der Waals surface area contributed by atoms with E-state index < -0.39 is 0 Å². The Morgan fingerprint density at radius 3 is 2.65 bits per heavy atom. The Hall–Kier alpha value is -2.02. The highest BCUT2D eigenvalue weighted by Crippen LogP contribution is 2.32. The van der Waals surface area contributed by atoms with Gasteiger partial charge in [0.05, 0.1) is 0 Å². The van der Waals surface area contributed by atoms with Crippen LogP contribution in [-0.2, 0) is 0 Å². The Bertz CT molecular complexity index is 717. The van der Waals surface area contributed by atoms with Gasteiger partial charge in [0, 0.05) is 16.3 Å². The van der Waals surface area contributed by atoms with E-state index in [1.165, 1.54) is 21.7 Å². The van der Waals surface area contributed by atoms with Crippen LogP contribution in [0, 0.1) is 6.92 Å². The largest absolute Gasteiger partial charge is 0.456 e. The second-order valence-corrected chi connectivity index (χ2v) is 4.25. The van der Waals surface area contributed by atoms with Gasteiger partial charge in [-0.15, -0.1) is 0 Å². The molecule has 0 atom stereocenters. The number of fused-ring (bicyclic) bond motifs is 3. The summed E-state index contributed by atoms with van der Waals surface area (Å²) in [5.74, 6) is 0.957. The van der Waals surface area contributed by atoms with E-state index in [1.54, 1.807) is 0 Å². The van der Waals surface area contributed by atoms with Crippen molar-refractivity contribution >= 4 is 27.8 Å². The minimum atomic E-state index is 0.957. The van der Waals surface area contributed by atoms with E-state index in [4.69, 9.17) is 4.42 Å². The van der Waals surface area contributed by atoms with Crippen molar-refractivity contribution in [3.63, 3.8) is 0 Å². The molecule has 0 bridgehead atoms. The molecule has 0 amide bonds. The Morgan fingerprint density at radius 2 is 1.82 bits per heavy atom. The Balaban J connectivity index is 2.47. The average molecular weight is 222 g/mol. The van der Waals surface area contributed by atoms with Crippen LogP contribution in [0.1, 0.15) is 18.2 Å². The lowest BCUT2D eigenvalue weighted by Crippen LogP contribution is -1.73. The molecular weight excluding hydrogens is 208 g/mol. The molecule has 1 aromatic heterocycles. The van der Waals surface area contributed by atoms with Crippen LogP contribution in [0.25, 0.3) is 27.8 Å². The van der Waals surface area contributed by atoms with Crippen LogP contribution < -0.4 is 0 Å². The number of hydrogen-bond donors (Lipinski definition) is 0. The van der Waals surface area contributed by atoms with Crippen LogP contribution in [-0.4, -0.2) is 0 Å². The maximum atomic E-state index is 5.97. The van der Waals surface area contributed by atoms with E-state index in [0.717, 1.165) is 11.3 Å². The highest BCUT2D eigenvalue weighted by Gasteiger charge is 2.10. The molecule has 0 spiro atoms. The summed E-state index contributed by atoms with van der Waals surface area (Å²) in [6, 6.07) is 12.6. The Labute approximate surface area is 100 Å². The summed E-state index contributed by atoms with van der Waals surface area (Å²) in [5, 5.41) is 3.61. The van der Waals surface area contributed by atoms with Crippen LogP contribution in [0.4, 0.5) is 0 Å². The highest BCUT2D eigenvalue weighted by atomic mass is 16.3. The van der Waals surface area contributed by atoms with Crippen molar-refractivity contribution in [2.24, 2.45) is 0 Å². The van der Waals surface area contributed by atoms with Crippen molar-refractivity contribution in [3.05, 3.63) is 53.8 Å². The first-order valence-corrected chi connectivity index (χ1v) is 5.85. The van der Waals surface area contributed by atoms with Crippen LogP contribution in [0.3, 0.4) is 0 Å². The van der Waals surface area contributed by atoms with Crippen LogP contribution in [0.5, 0.6) is 0 Å². The standard InChI is InChI=1S/C16H14O/c1-3-6-15-11(2)13-10-9-12-7-4-5-8-14(12)16(13)17-15/h3-10H,1-2H3. The van der Waals surface area contributed by atoms with E-state index in [9.17, 15) is 0 Å². The van der Waals surface area contributed by atoms with Crippen LogP contribution >= 0.6 is 0 Å². The summed E-state index contributed by atoms with van der Waals surface area (Å²) >= 11 is 0. The fourth-order valence-electron chi connectivity index (χ4n) is 2.28. The monoisotopic (exact) mass is 222 g/mol. The maximum Gasteiger partial charge on any atom is 0.142 e. The second-order valence-electron chi connectivity index (χ2n) is 4.25. The predicted octanol–water partition coefficient (Wildman–Crippen LogP) is 4.93. The van der Waals surface area contributed by atoms with Gasteiger partial charge in [-0.3, -0.25) is 0 Å². The van der Waals surface area contributed by atoms with Gasteiger partial charge in [-0.2, -0.15) is 0 Å². The lowest BCUT2D eigenvalue weighted by atomic mass is 10.1. The molecule has 0 unspecified atom stereocenters. The van der Waals surface area contributed by atoms with Gasteiger partial charge in [-0.05, 0) is 25.3 Å². The van der Waals surface area contributed by atoms with Crippen molar-refractivity contribution in [2.75, 3.05) is 0 Å². The van der Waals surface area contributed by atoms with Crippen molar-refractivity contribution in [1.82, 2.24) is 0 Å². The lowest BCUT2D eigenvalue weighted by Gasteiger charge is -1.97. The van der Waals surface area contributed by atoms with E-state index in [1.807, 2.05) is 19.1 Å². The van der Waals surface area contributed by atoms with E-state index in [-0.39, 0.29) is 0 Å². The summed E-state index contributed by atoms with van der Waals surface area (Å²) < 4.78 is 5.97. The van der Waals surface area contributed by atoms with Crippen molar-refractivity contribution in [3.8, 4) is 0 Å². The molecule has 17 heavy (non-hydrogen) atoms. The van der Waals surface area contributed by atoms with Gasteiger partial charge in [0.1, 0.15) is 11.3 Å². The molecule has 0 radical (unpaired) electrons. The zero-order valence-electron chi connectivity index (χ0n) is 10.0. The van der Waals surface area contributed by atoms with E-state index in [2.05, 4.69) is 43.3 Å². The minimum Gasteiger partial charge on any atom is -0.456 e. The highest BCUT2D eigenvalue weighted by molar-refractivity contribution is 6.06. The third-order valence-corrected chi connectivity index (χ3v) is 3.18. The van der Waals surface area contributed by atoms with E-state index >= 15 is 0 Å². The molecule has 1 heterocycles. The number of allylic oxidation sites excluding steroid dienone is 1. The minimum absolute atomic E-state index is 0.957. The fourth-order valence-corrected chi connectivity index (χ4v) is 2.28. The topological polar surface area (TPSA) is 13.1 Å². The van der Waals surface area contributed by atoms with Crippen LogP contribution in [0.2, 0.25) is 0 Å². The number of aryl methyl sites for hydroxylation is 1. The first-order chi connectivity index (χ1) is 8.31. The van der Waals surface area contributed by atoms with Crippen LogP contribution in [0.15, 0.2) is 46.9 Å². The predicted molar refractivity (Wildman–Crippen MR) is 73.2 cm³/mol. The third kappa shape index (κ3) is 1.47. The molecule has 0 aliphatic heterocycles. The molecule has 1 heteroatoms. The maximum absolute atomic E-state index is 5.97. The van der Waals surface area contributed by atoms with Gasteiger partial charge in [-0.25, -0.2) is 0 Å². The van der Waals surface area contributed by atoms with Gasteiger partial charge < -0.3 is 4.42 Å². The van der Waals surface area contributed by atoms with Gasteiger partial charge in [0.15, 0.2) is 0 Å². The van der Waals surface area contributed by atoms with Gasteiger partial charge in [-0.1, -0.05) is 42.5 Å². The molecule has 0 fully saturated rings. The number of furan rings is 1. The van der Waals surface area contributed by atoms with Crippen molar-refractivity contribution in [1.29, 1.82) is 0 Å². The summed E-state index contributed by atoms with van der Waals surface area (Å²) in [6.45, 7) is 4.11. The first kappa shape index (κ1) is 10.2. The molecule has 0 aliphatic rings. The number of benzene rings is 2. The lowest BCUT2D eigenvalue weighted by molar-refractivity contribution is 0.604. The van der Waals surface area contributed by atoms with Gasteiger partial charge in [0.25, 0.3) is 0 Å². The molecule has 0 aliphatic carbocycles. The zero-order valence-corrected chi connectivity index (χ0v) is 10.0. The summed E-state index contributed by atoms with van der Waals surface area (Å²) in [6.07, 6.45) is 4.02. The van der Waals surface area contributed by atoms with Gasteiger partial charge in [0.2, 0.25) is 0 Å². The molecule has 0 N–H and O–H groups in total. The molecular formula is C16H14O.